The van der Waals surface area contributed by atoms with E-state index in [0.717, 1.165) is 76.2 Å². The van der Waals surface area contributed by atoms with Crippen LogP contribution in [0.1, 0.15) is 51.5 Å². The number of hydrogen-bond acceptors (Lipinski definition) is 11. The van der Waals surface area contributed by atoms with Crippen molar-refractivity contribution in [2.45, 2.75) is 31.2 Å². The summed E-state index contributed by atoms with van der Waals surface area (Å²) >= 11 is 6.15. The fraction of sp³-hybridized carbons (Fsp3) is 0.289. The molecule has 3 aliphatic rings. The molecule has 0 aliphatic carbocycles. The zero-order valence-electron chi connectivity index (χ0n) is 33.4. The van der Waals surface area contributed by atoms with Crippen LogP contribution in [0, 0.1) is 5.82 Å². The number of hydrogen-bond donors (Lipinski definition) is 5. The van der Waals surface area contributed by atoms with Crippen molar-refractivity contribution in [1.82, 2.24) is 30.4 Å². The van der Waals surface area contributed by atoms with Crippen molar-refractivity contribution in [2.75, 3.05) is 73.2 Å². The van der Waals surface area contributed by atoms with Gasteiger partial charge in [-0.3, -0.25) is 34.3 Å². The molecule has 1 unspecified atom stereocenters. The third-order valence-corrected chi connectivity index (χ3v) is 11.6. The van der Waals surface area contributed by atoms with E-state index in [-0.39, 0.29) is 47.4 Å². The summed E-state index contributed by atoms with van der Waals surface area (Å²) in [6, 6.07) is 28.6. The van der Waals surface area contributed by atoms with Crippen LogP contribution in [0.3, 0.4) is 0 Å². The summed E-state index contributed by atoms with van der Waals surface area (Å²) in [6.07, 6.45) is 2.87. The Kier molecular flexibility index (Phi) is 12.8. The van der Waals surface area contributed by atoms with Gasteiger partial charge in [-0.2, -0.15) is 4.98 Å². The average molecular weight is 845 g/mol. The van der Waals surface area contributed by atoms with Gasteiger partial charge >= 0.3 is 0 Å². The van der Waals surface area contributed by atoms with Gasteiger partial charge in [0.25, 0.3) is 11.8 Å². The first-order valence-corrected chi connectivity index (χ1v) is 20.8. The number of benzene rings is 4. The molecule has 14 nitrogen and oxygen atoms in total. The summed E-state index contributed by atoms with van der Waals surface area (Å²) < 4.78 is 14.7. The van der Waals surface area contributed by atoms with Gasteiger partial charge in [-0.1, -0.05) is 35.9 Å². The molecular formula is C45H46ClFN10O4. The van der Waals surface area contributed by atoms with Gasteiger partial charge in [-0.05, 0) is 91.2 Å². The number of amides is 4. The third kappa shape index (κ3) is 10.5. The molecule has 0 spiro atoms. The standard InChI is InChI=1S/C45H46ClFN10O4/c46-37-3-1-2-4-39(37)52-43(60)31-5-11-32(12-6-31)49-41-38(47)27-48-45(54-41)51-33-13-7-30(8-14-33)42(59)50-34-19-20-56(28-34)22-21-55-23-25-57(26-24-55)35-15-9-29(10-16-35)36-17-18-40(58)53-44(36)61/h1-16,27,34,36H,17-26,28H2,(H,50,59)(H,52,60)(H,53,58,61)(H2,48,49,51,54)/t34-,36?/m1/s1. The van der Waals surface area contributed by atoms with Crippen molar-refractivity contribution in [1.29, 1.82) is 0 Å². The monoisotopic (exact) mass is 844 g/mol. The minimum absolute atomic E-state index is 0.0531. The molecule has 5 N–H and O–H groups in total. The number of likely N-dealkylation sites (tertiary alicyclic amines) is 1. The minimum atomic E-state index is -0.656. The number of halogens is 2. The van der Waals surface area contributed by atoms with E-state index in [0.29, 0.717) is 46.1 Å². The molecule has 16 heteroatoms. The molecule has 3 aliphatic heterocycles. The van der Waals surface area contributed by atoms with Crippen LogP contribution in [0.25, 0.3) is 0 Å². The van der Waals surface area contributed by atoms with E-state index >= 15 is 0 Å². The van der Waals surface area contributed by atoms with Gasteiger partial charge in [0.2, 0.25) is 17.8 Å². The summed E-state index contributed by atoms with van der Waals surface area (Å²) in [5, 5.41) is 14.8. The molecule has 4 heterocycles. The zero-order chi connectivity index (χ0) is 42.3. The van der Waals surface area contributed by atoms with Gasteiger partial charge in [0.15, 0.2) is 11.6 Å². The van der Waals surface area contributed by atoms with Gasteiger partial charge in [0, 0.05) is 93.0 Å². The lowest BCUT2D eigenvalue weighted by molar-refractivity contribution is -0.134. The number of nitrogens with one attached hydrogen (secondary N) is 5. The van der Waals surface area contributed by atoms with Crippen LogP contribution in [-0.2, 0) is 9.59 Å². The van der Waals surface area contributed by atoms with Crippen LogP contribution >= 0.6 is 11.6 Å². The van der Waals surface area contributed by atoms with Crippen LogP contribution in [0.2, 0.25) is 5.02 Å². The number of rotatable bonds is 13. The maximum Gasteiger partial charge on any atom is 0.255 e. The molecule has 1 aromatic heterocycles. The second-order valence-corrected chi connectivity index (χ2v) is 15.8. The molecule has 314 valence electrons. The number of carbonyl (C=O) groups is 4. The molecule has 4 aromatic carbocycles. The van der Waals surface area contributed by atoms with Crippen LogP contribution in [0.5, 0.6) is 0 Å². The Morgan fingerprint density at radius 2 is 1.44 bits per heavy atom. The van der Waals surface area contributed by atoms with E-state index in [1.807, 2.05) is 12.1 Å². The zero-order valence-corrected chi connectivity index (χ0v) is 34.1. The van der Waals surface area contributed by atoms with E-state index in [9.17, 15) is 23.6 Å². The highest BCUT2D eigenvalue weighted by Gasteiger charge is 2.29. The van der Waals surface area contributed by atoms with E-state index in [2.05, 4.69) is 63.4 Å². The molecule has 3 fully saturated rings. The first kappa shape index (κ1) is 41.3. The number of anilines is 6. The molecule has 61 heavy (non-hydrogen) atoms. The van der Waals surface area contributed by atoms with Crippen LogP contribution in [-0.4, -0.2) is 102 Å². The maximum atomic E-state index is 14.7. The molecule has 4 amide bonds. The third-order valence-electron chi connectivity index (χ3n) is 11.3. The maximum absolute atomic E-state index is 14.7. The highest BCUT2D eigenvalue weighted by Crippen LogP contribution is 2.28. The van der Waals surface area contributed by atoms with Crippen molar-refractivity contribution >= 4 is 69.7 Å². The Bertz CT molecular complexity index is 2380. The van der Waals surface area contributed by atoms with Crippen molar-refractivity contribution in [3.8, 4) is 0 Å². The van der Waals surface area contributed by atoms with Crippen molar-refractivity contribution in [3.05, 3.63) is 131 Å². The number of aromatic nitrogens is 2. The predicted molar refractivity (Wildman–Crippen MR) is 233 cm³/mol. The summed E-state index contributed by atoms with van der Waals surface area (Å²) in [4.78, 5) is 65.3. The van der Waals surface area contributed by atoms with Crippen molar-refractivity contribution < 1.29 is 23.6 Å². The Labute approximate surface area is 357 Å². The molecule has 2 atom stereocenters. The second-order valence-electron chi connectivity index (χ2n) is 15.4. The van der Waals surface area contributed by atoms with Crippen LogP contribution < -0.4 is 31.5 Å². The van der Waals surface area contributed by atoms with Crippen LogP contribution in [0.15, 0.2) is 103 Å². The highest BCUT2D eigenvalue weighted by atomic mass is 35.5. The van der Waals surface area contributed by atoms with Gasteiger partial charge in [-0.25, -0.2) is 9.37 Å². The minimum Gasteiger partial charge on any atom is -0.369 e. The fourth-order valence-electron chi connectivity index (χ4n) is 7.81. The molecule has 5 aromatic rings. The Morgan fingerprint density at radius 3 is 2.15 bits per heavy atom. The topological polar surface area (TPSA) is 164 Å². The number of piperazine rings is 1. The van der Waals surface area contributed by atoms with E-state index in [4.69, 9.17) is 11.6 Å². The lowest BCUT2D eigenvalue weighted by atomic mass is 9.90. The molecular weight excluding hydrogens is 799 g/mol. The lowest BCUT2D eigenvalue weighted by Crippen LogP contribution is -2.48. The smallest absolute Gasteiger partial charge is 0.255 e. The first-order chi connectivity index (χ1) is 29.6. The lowest BCUT2D eigenvalue weighted by Gasteiger charge is -2.37. The van der Waals surface area contributed by atoms with Crippen LogP contribution in [0.4, 0.5) is 38.9 Å². The number of nitrogens with zero attached hydrogens (tertiary/aromatic N) is 5. The SMILES string of the molecule is O=C1CCC(c2ccc(N3CCN(CCN4CC[C@@H](NC(=O)c5ccc(Nc6ncc(F)c(Nc7ccc(C(=O)Nc8ccccc8Cl)cc7)n6)cc5)C4)CC3)cc2)C(=O)N1. The van der Waals surface area contributed by atoms with E-state index in [1.54, 1.807) is 72.8 Å². The van der Waals surface area contributed by atoms with Gasteiger partial charge in [-0.15, -0.1) is 0 Å². The molecule has 3 saturated heterocycles. The summed E-state index contributed by atoms with van der Waals surface area (Å²) in [5.41, 5.74) is 4.65. The highest BCUT2D eigenvalue weighted by molar-refractivity contribution is 6.33. The van der Waals surface area contributed by atoms with E-state index in [1.165, 1.54) is 0 Å². The predicted octanol–water partition coefficient (Wildman–Crippen LogP) is 6.16. The Balaban J connectivity index is 0.753. The van der Waals surface area contributed by atoms with E-state index < -0.39 is 5.82 Å². The fourth-order valence-corrected chi connectivity index (χ4v) is 7.99. The Hall–Kier alpha value is -6.42. The normalized spacial score (nSPS) is 18.4. The molecule has 0 radical (unpaired) electrons. The quantitative estimate of drug-likeness (QED) is 0.0864. The number of carbonyl (C=O) groups excluding carboxylic acids is 4. The second kappa shape index (κ2) is 18.9. The van der Waals surface area contributed by atoms with Gasteiger partial charge in [0.05, 0.1) is 22.8 Å². The van der Waals surface area contributed by atoms with Gasteiger partial charge < -0.3 is 26.2 Å². The number of para-hydroxylation sites is 1. The summed E-state index contributed by atoms with van der Waals surface area (Å²) in [6.45, 7) is 7.39. The largest absolute Gasteiger partial charge is 0.369 e. The van der Waals surface area contributed by atoms with Crippen molar-refractivity contribution in [2.24, 2.45) is 0 Å². The number of imide groups is 1. The molecule has 0 saturated carbocycles. The summed E-state index contributed by atoms with van der Waals surface area (Å²) in [5.74, 6) is -1.71. The molecule has 8 rings (SSSR count). The Morgan fingerprint density at radius 1 is 0.770 bits per heavy atom. The van der Waals surface area contributed by atoms with Gasteiger partial charge in [0.1, 0.15) is 0 Å². The number of piperidine rings is 1. The van der Waals surface area contributed by atoms with Crippen molar-refractivity contribution in [3.63, 3.8) is 0 Å². The molecule has 0 bridgehead atoms. The first-order valence-electron chi connectivity index (χ1n) is 20.4. The average Bonchev–Trinajstić information content (AvgIpc) is 3.72. The summed E-state index contributed by atoms with van der Waals surface area (Å²) in [7, 11) is 0.